The molecule has 0 aliphatic rings. The highest BCUT2D eigenvalue weighted by Crippen LogP contribution is 2.40. The Balaban J connectivity index is 2.72. The summed E-state index contributed by atoms with van der Waals surface area (Å²) in [6.07, 6.45) is -0.460. The highest BCUT2D eigenvalue weighted by molar-refractivity contribution is 7.50. The third-order valence-corrected chi connectivity index (χ3v) is 3.11. The second-order valence-electron chi connectivity index (χ2n) is 3.91. The number of aryl methyl sites for hydroxylation is 1. The molecular formula is C11H11O5P. The molecule has 0 unspecified atom stereocenters. The molecule has 0 bridgehead atoms. The molecule has 0 aliphatic carbocycles. The van der Waals surface area contributed by atoms with Gasteiger partial charge in [-0.05, 0) is 24.6 Å². The van der Waals surface area contributed by atoms with Crippen LogP contribution in [0.4, 0.5) is 0 Å². The molecule has 0 fully saturated rings. The lowest BCUT2D eigenvalue weighted by molar-refractivity contribution is 0.372. The van der Waals surface area contributed by atoms with Gasteiger partial charge in [-0.15, -0.1) is 0 Å². The summed E-state index contributed by atoms with van der Waals surface area (Å²) in [5.74, 6) is 0. The minimum atomic E-state index is -4.21. The van der Waals surface area contributed by atoms with Gasteiger partial charge in [0.25, 0.3) is 0 Å². The SMILES string of the molecule is Cc1ccc2oc(=O)cc(CP(=O)(O)O)c2c1. The maximum absolute atomic E-state index is 11.3. The molecule has 2 rings (SSSR count). The molecule has 0 saturated carbocycles. The van der Waals surface area contributed by atoms with Crippen molar-refractivity contribution in [2.24, 2.45) is 0 Å². The summed E-state index contributed by atoms with van der Waals surface area (Å²) in [7, 11) is -4.21. The normalized spacial score (nSPS) is 11.9. The molecule has 0 radical (unpaired) electrons. The van der Waals surface area contributed by atoms with Crippen LogP contribution >= 0.6 is 7.60 Å². The molecule has 0 spiro atoms. The lowest BCUT2D eigenvalue weighted by Crippen LogP contribution is -2.01. The van der Waals surface area contributed by atoms with Crippen molar-refractivity contribution >= 4 is 18.6 Å². The molecular weight excluding hydrogens is 243 g/mol. The lowest BCUT2D eigenvalue weighted by Gasteiger charge is -2.07. The van der Waals surface area contributed by atoms with E-state index in [0.717, 1.165) is 11.6 Å². The van der Waals surface area contributed by atoms with E-state index in [0.29, 0.717) is 16.5 Å². The fourth-order valence-corrected chi connectivity index (χ4v) is 2.40. The highest BCUT2D eigenvalue weighted by atomic mass is 31.2. The fourth-order valence-electron chi connectivity index (χ4n) is 1.69. The Hall–Kier alpha value is -1.42. The zero-order valence-electron chi connectivity index (χ0n) is 9.08. The molecule has 6 heteroatoms. The van der Waals surface area contributed by atoms with Crippen LogP contribution in [0.1, 0.15) is 11.1 Å². The Morgan fingerprint density at radius 2 is 2.00 bits per heavy atom. The van der Waals surface area contributed by atoms with Gasteiger partial charge in [-0.1, -0.05) is 11.6 Å². The number of hydrogen-bond donors (Lipinski definition) is 2. The molecule has 2 N–H and O–H groups in total. The van der Waals surface area contributed by atoms with Gasteiger partial charge in [-0.2, -0.15) is 0 Å². The van der Waals surface area contributed by atoms with Gasteiger partial charge in [0.2, 0.25) is 0 Å². The zero-order valence-corrected chi connectivity index (χ0v) is 9.98. The van der Waals surface area contributed by atoms with Gasteiger partial charge < -0.3 is 14.2 Å². The van der Waals surface area contributed by atoms with E-state index in [4.69, 9.17) is 14.2 Å². The first kappa shape index (κ1) is 12.0. The van der Waals surface area contributed by atoms with Crippen LogP contribution < -0.4 is 5.63 Å². The van der Waals surface area contributed by atoms with E-state index in [-0.39, 0.29) is 0 Å². The summed E-state index contributed by atoms with van der Waals surface area (Å²) in [4.78, 5) is 29.2. The number of benzene rings is 1. The van der Waals surface area contributed by atoms with E-state index in [1.807, 2.05) is 6.92 Å². The fraction of sp³-hybridized carbons (Fsp3) is 0.182. The van der Waals surface area contributed by atoms with Gasteiger partial charge in [0.1, 0.15) is 5.58 Å². The van der Waals surface area contributed by atoms with Crippen molar-refractivity contribution in [3.05, 3.63) is 45.8 Å². The first-order valence-electron chi connectivity index (χ1n) is 4.93. The van der Waals surface area contributed by atoms with E-state index in [1.165, 1.54) is 0 Å². The molecule has 90 valence electrons. The average molecular weight is 254 g/mol. The van der Waals surface area contributed by atoms with Crippen LogP contribution in [-0.2, 0) is 10.7 Å². The van der Waals surface area contributed by atoms with E-state index in [1.54, 1.807) is 18.2 Å². The Kier molecular flexibility index (Phi) is 2.91. The summed E-state index contributed by atoms with van der Waals surface area (Å²) in [6, 6.07) is 6.26. The molecule has 17 heavy (non-hydrogen) atoms. The number of hydrogen-bond acceptors (Lipinski definition) is 3. The topological polar surface area (TPSA) is 87.7 Å². The van der Waals surface area contributed by atoms with Gasteiger partial charge in [-0.3, -0.25) is 4.57 Å². The van der Waals surface area contributed by atoms with E-state index < -0.39 is 19.4 Å². The summed E-state index contributed by atoms with van der Waals surface area (Å²) >= 11 is 0. The smallest absolute Gasteiger partial charge is 0.336 e. The van der Waals surface area contributed by atoms with Crippen molar-refractivity contribution in [2.75, 3.05) is 0 Å². The monoisotopic (exact) mass is 254 g/mol. The van der Waals surface area contributed by atoms with E-state index >= 15 is 0 Å². The summed E-state index contributed by atoms with van der Waals surface area (Å²) in [5, 5.41) is 0.563. The molecule has 5 nitrogen and oxygen atoms in total. The quantitative estimate of drug-likeness (QED) is 0.630. The van der Waals surface area contributed by atoms with Crippen molar-refractivity contribution in [1.29, 1.82) is 0 Å². The van der Waals surface area contributed by atoms with Crippen LogP contribution in [-0.4, -0.2) is 9.79 Å². The Bertz CT molecular complexity index is 667. The number of fused-ring (bicyclic) bond motifs is 1. The summed E-state index contributed by atoms with van der Waals surface area (Å²) in [6.45, 7) is 1.85. The molecule has 0 atom stereocenters. The first-order chi connectivity index (χ1) is 7.85. The highest BCUT2D eigenvalue weighted by Gasteiger charge is 2.17. The van der Waals surface area contributed by atoms with Crippen LogP contribution in [0.25, 0.3) is 11.0 Å². The number of rotatable bonds is 2. The molecule has 1 heterocycles. The van der Waals surface area contributed by atoms with Crippen molar-refractivity contribution in [1.82, 2.24) is 0 Å². The van der Waals surface area contributed by atoms with Gasteiger partial charge in [-0.25, -0.2) is 4.79 Å². The second kappa shape index (κ2) is 4.11. The predicted molar refractivity (Wildman–Crippen MR) is 63.0 cm³/mol. The molecule has 0 aliphatic heterocycles. The van der Waals surface area contributed by atoms with Gasteiger partial charge >= 0.3 is 13.2 Å². The van der Waals surface area contributed by atoms with Gasteiger partial charge in [0.15, 0.2) is 0 Å². The Morgan fingerprint density at radius 1 is 1.29 bits per heavy atom. The Morgan fingerprint density at radius 3 is 2.65 bits per heavy atom. The lowest BCUT2D eigenvalue weighted by atomic mass is 10.1. The molecule has 1 aromatic carbocycles. The molecule has 1 aromatic heterocycles. The minimum Gasteiger partial charge on any atom is -0.423 e. The van der Waals surface area contributed by atoms with Crippen molar-refractivity contribution in [2.45, 2.75) is 13.1 Å². The van der Waals surface area contributed by atoms with Crippen LogP contribution in [0.2, 0.25) is 0 Å². The van der Waals surface area contributed by atoms with Gasteiger partial charge in [0, 0.05) is 11.5 Å². The summed E-state index contributed by atoms with van der Waals surface area (Å²) in [5.41, 5.74) is 0.975. The van der Waals surface area contributed by atoms with Crippen LogP contribution in [0.15, 0.2) is 33.5 Å². The van der Waals surface area contributed by atoms with Crippen LogP contribution in [0.5, 0.6) is 0 Å². The van der Waals surface area contributed by atoms with E-state index in [2.05, 4.69) is 0 Å². The molecule has 0 saturated heterocycles. The maximum atomic E-state index is 11.3. The van der Waals surface area contributed by atoms with Crippen molar-refractivity contribution < 1.29 is 18.8 Å². The minimum absolute atomic E-state index is 0.313. The standard InChI is InChI=1S/C11H11O5P/c1-7-2-3-10-9(4-7)8(5-11(12)16-10)6-17(13,14)15/h2-5H,6H2,1H3,(H2,13,14,15). The molecule has 2 aromatic rings. The third kappa shape index (κ3) is 2.82. The third-order valence-electron chi connectivity index (χ3n) is 2.36. The zero-order chi connectivity index (χ0) is 12.6. The second-order valence-corrected chi connectivity index (χ2v) is 5.56. The largest absolute Gasteiger partial charge is 0.423 e. The predicted octanol–water partition coefficient (Wildman–Crippen LogP) is 1.78. The van der Waals surface area contributed by atoms with Gasteiger partial charge in [0.05, 0.1) is 6.16 Å². The average Bonchev–Trinajstić information content (AvgIpc) is 2.16. The molecule has 0 amide bonds. The van der Waals surface area contributed by atoms with Crippen molar-refractivity contribution in [3.8, 4) is 0 Å². The summed E-state index contributed by atoms with van der Waals surface area (Å²) < 4.78 is 16.0. The Labute approximate surface area is 96.9 Å². The maximum Gasteiger partial charge on any atom is 0.336 e. The van der Waals surface area contributed by atoms with Crippen molar-refractivity contribution in [3.63, 3.8) is 0 Å². The van der Waals surface area contributed by atoms with Crippen LogP contribution in [0, 0.1) is 6.92 Å². The van der Waals surface area contributed by atoms with Crippen LogP contribution in [0.3, 0.4) is 0 Å². The van der Waals surface area contributed by atoms with E-state index in [9.17, 15) is 9.36 Å². The first-order valence-corrected chi connectivity index (χ1v) is 6.73.